The first-order chi connectivity index (χ1) is 10.6. The smallest absolute Gasteiger partial charge is 0.126 e. The van der Waals surface area contributed by atoms with E-state index in [-0.39, 0.29) is 24.0 Å². The number of phenolic OH excluding ortho intramolecular Hbond substituents is 2. The maximum absolute atomic E-state index is 9.74. The Balaban J connectivity index is 2.34. The summed E-state index contributed by atoms with van der Waals surface area (Å²) in [5.74, 6) is 1.12. The van der Waals surface area contributed by atoms with Gasteiger partial charge in [-0.25, -0.2) is 0 Å². The number of aliphatic hydroxyl groups excluding tert-OH is 1. The van der Waals surface area contributed by atoms with Crippen LogP contribution < -0.4 is 9.47 Å². The van der Waals surface area contributed by atoms with Gasteiger partial charge in [0.2, 0.25) is 0 Å². The van der Waals surface area contributed by atoms with E-state index in [0.717, 1.165) is 11.1 Å². The Morgan fingerprint density at radius 2 is 1.50 bits per heavy atom. The van der Waals surface area contributed by atoms with Gasteiger partial charge in [0.1, 0.15) is 23.0 Å². The molecular weight excluding hydrogens is 284 g/mol. The standard InChI is InChI=1S/C17H20O5/c1-21-16-8-13(19)4-3-11(16)7-12(10-18)15-6-5-14(20)9-17(15)22-2/h3-6,8-9,12,18-20H,7,10H2,1-2H3. The summed E-state index contributed by atoms with van der Waals surface area (Å²) in [5, 5.41) is 28.8. The molecule has 2 aromatic rings. The van der Waals surface area contributed by atoms with Crippen molar-refractivity contribution in [2.45, 2.75) is 12.3 Å². The van der Waals surface area contributed by atoms with Crippen molar-refractivity contribution < 1.29 is 24.8 Å². The first kappa shape index (κ1) is 16.0. The summed E-state index contributed by atoms with van der Waals surface area (Å²) in [6.07, 6.45) is 0.515. The third-order valence-corrected chi connectivity index (χ3v) is 3.61. The summed E-state index contributed by atoms with van der Waals surface area (Å²) < 4.78 is 10.6. The van der Waals surface area contributed by atoms with Crippen molar-refractivity contribution in [3.05, 3.63) is 47.5 Å². The summed E-state index contributed by atoms with van der Waals surface area (Å²) >= 11 is 0. The monoisotopic (exact) mass is 304 g/mol. The van der Waals surface area contributed by atoms with Crippen LogP contribution in [0.15, 0.2) is 36.4 Å². The molecule has 5 nitrogen and oxygen atoms in total. The molecule has 118 valence electrons. The van der Waals surface area contributed by atoms with Gasteiger partial charge in [-0.2, -0.15) is 0 Å². The number of phenols is 2. The molecule has 2 aromatic carbocycles. The summed E-state index contributed by atoms with van der Waals surface area (Å²) in [6, 6.07) is 9.71. The lowest BCUT2D eigenvalue weighted by Gasteiger charge is -2.19. The highest BCUT2D eigenvalue weighted by molar-refractivity contribution is 5.45. The van der Waals surface area contributed by atoms with Crippen LogP contribution >= 0.6 is 0 Å². The van der Waals surface area contributed by atoms with Gasteiger partial charge in [-0.3, -0.25) is 0 Å². The minimum Gasteiger partial charge on any atom is -0.508 e. The molecule has 0 saturated heterocycles. The highest BCUT2D eigenvalue weighted by Gasteiger charge is 2.18. The zero-order valence-corrected chi connectivity index (χ0v) is 12.6. The van der Waals surface area contributed by atoms with Crippen molar-refractivity contribution in [1.82, 2.24) is 0 Å². The molecule has 0 heterocycles. The molecule has 22 heavy (non-hydrogen) atoms. The van der Waals surface area contributed by atoms with Crippen molar-refractivity contribution >= 4 is 0 Å². The Morgan fingerprint density at radius 3 is 2.09 bits per heavy atom. The SMILES string of the molecule is COc1cc(O)ccc1CC(CO)c1ccc(O)cc1OC. The van der Waals surface area contributed by atoms with Crippen LogP contribution in [0.4, 0.5) is 0 Å². The normalized spacial score (nSPS) is 12.0. The number of rotatable bonds is 6. The third kappa shape index (κ3) is 3.43. The number of methoxy groups -OCH3 is 2. The van der Waals surface area contributed by atoms with Crippen LogP contribution in [0.25, 0.3) is 0 Å². The molecule has 0 spiro atoms. The molecule has 0 radical (unpaired) electrons. The second-order valence-corrected chi connectivity index (χ2v) is 5.01. The number of ether oxygens (including phenoxy) is 2. The van der Waals surface area contributed by atoms with Crippen molar-refractivity contribution in [2.75, 3.05) is 20.8 Å². The number of aromatic hydroxyl groups is 2. The Kier molecular flexibility index (Phi) is 5.12. The Labute approximate surface area is 129 Å². The molecular formula is C17H20O5. The van der Waals surface area contributed by atoms with Gasteiger partial charge in [0.15, 0.2) is 0 Å². The average Bonchev–Trinajstić information content (AvgIpc) is 2.53. The molecule has 0 aliphatic rings. The van der Waals surface area contributed by atoms with Gasteiger partial charge in [0.25, 0.3) is 0 Å². The van der Waals surface area contributed by atoms with Gasteiger partial charge < -0.3 is 24.8 Å². The van der Waals surface area contributed by atoms with E-state index in [1.165, 1.54) is 26.4 Å². The van der Waals surface area contributed by atoms with Crippen molar-refractivity contribution in [3.8, 4) is 23.0 Å². The second-order valence-electron chi connectivity index (χ2n) is 5.01. The van der Waals surface area contributed by atoms with Gasteiger partial charge in [-0.05, 0) is 24.1 Å². The molecule has 0 amide bonds. The van der Waals surface area contributed by atoms with E-state index >= 15 is 0 Å². The van der Waals surface area contributed by atoms with Gasteiger partial charge in [0.05, 0.1) is 20.8 Å². The van der Waals surface area contributed by atoms with E-state index < -0.39 is 0 Å². The lowest BCUT2D eigenvalue weighted by atomic mass is 9.91. The highest BCUT2D eigenvalue weighted by atomic mass is 16.5. The topological polar surface area (TPSA) is 79.2 Å². The van der Waals surface area contributed by atoms with E-state index in [9.17, 15) is 15.3 Å². The molecule has 0 aliphatic carbocycles. The highest BCUT2D eigenvalue weighted by Crippen LogP contribution is 2.34. The second kappa shape index (κ2) is 7.04. The zero-order valence-electron chi connectivity index (χ0n) is 12.6. The molecule has 2 rings (SSSR count). The van der Waals surface area contributed by atoms with Crippen molar-refractivity contribution in [1.29, 1.82) is 0 Å². The third-order valence-electron chi connectivity index (χ3n) is 3.61. The van der Waals surface area contributed by atoms with Gasteiger partial charge in [-0.15, -0.1) is 0 Å². The average molecular weight is 304 g/mol. The molecule has 1 unspecified atom stereocenters. The number of aliphatic hydroxyl groups is 1. The first-order valence-electron chi connectivity index (χ1n) is 6.92. The Bertz CT molecular complexity index is 639. The molecule has 0 aliphatic heterocycles. The predicted octanol–water partition coefficient (Wildman–Crippen LogP) is 2.43. The molecule has 3 N–H and O–H groups in total. The molecule has 0 aromatic heterocycles. The Morgan fingerprint density at radius 1 is 0.909 bits per heavy atom. The fraction of sp³-hybridized carbons (Fsp3) is 0.294. The van der Waals surface area contributed by atoms with Gasteiger partial charge >= 0.3 is 0 Å². The van der Waals surface area contributed by atoms with E-state index in [0.29, 0.717) is 17.9 Å². The van der Waals surface area contributed by atoms with Crippen LogP contribution in [0.3, 0.4) is 0 Å². The van der Waals surface area contributed by atoms with Gasteiger partial charge in [0, 0.05) is 23.6 Å². The van der Waals surface area contributed by atoms with Crippen LogP contribution in [-0.4, -0.2) is 36.1 Å². The summed E-state index contributed by atoms with van der Waals surface area (Å²) in [5.41, 5.74) is 1.67. The van der Waals surface area contributed by atoms with E-state index in [1.807, 2.05) is 0 Å². The minimum atomic E-state index is -0.214. The molecule has 0 saturated carbocycles. The maximum Gasteiger partial charge on any atom is 0.126 e. The van der Waals surface area contributed by atoms with Crippen molar-refractivity contribution in [2.24, 2.45) is 0 Å². The first-order valence-corrected chi connectivity index (χ1v) is 6.92. The van der Waals surface area contributed by atoms with Crippen LogP contribution in [0.1, 0.15) is 17.0 Å². The number of benzene rings is 2. The largest absolute Gasteiger partial charge is 0.508 e. The molecule has 0 fully saturated rings. The van der Waals surface area contributed by atoms with Crippen molar-refractivity contribution in [3.63, 3.8) is 0 Å². The predicted molar refractivity (Wildman–Crippen MR) is 82.8 cm³/mol. The van der Waals surface area contributed by atoms with E-state index in [1.54, 1.807) is 24.3 Å². The number of hydrogen-bond acceptors (Lipinski definition) is 5. The number of hydrogen-bond donors (Lipinski definition) is 3. The zero-order chi connectivity index (χ0) is 16.1. The quantitative estimate of drug-likeness (QED) is 0.764. The van der Waals surface area contributed by atoms with Crippen LogP contribution in [0, 0.1) is 0 Å². The minimum absolute atomic E-state index is 0.0782. The lowest BCUT2D eigenvalue weighted by molar-refractivity contribution is 0.260. The fourth-order valence-electron chi connectivity index (χ4n) is 2.48. The van der Waals surface area contributed by atoms with Crippen LogP contribution in [-0.2, 0) is 6.42 Å². The molecule has 0 bridgehead atoms. The Hall–Kier alpha value is -2.40. The summed E-state index contributed by atoms with van der Waals surface area (Å²) in [7, 11) is 3.06. The van der Waals surface area contributed by atoms with Crippen LogP contribution in [0.2, 0.25) is 0 Å². The summed E-state index contributed by atoms with van der Waals surface area (Å²) in [6.45, 7) is -0.0782. The van der Waals surface area contributed by atoms with E-state index in [4.69, 9.17) is 9.47 Å². The molecule has 5 heteroatoms. The van der Waals surface area contributed by atoms with E-state index in [2.05, 4.69) is 0 Å². The fourth-order valence-corrected chi connectivity index (χ4v) is 2.48. The van der Waals surface area contributed by atoms with Gasteiger partial charge in [-0.1, -0.05) is 12.1 Å². The lowest BCUT2D eigenvalue weighted by Crippen LogP contribution is -2.10. The summed E-state index contributed by atoms with van der Waals surface area (Å²) in [4.78, 5) is 0. The molecule has 1 atom stereocenters. The maximum atomic E-state index is 9.74. The van der Waals surface area contributed by atoms with Crippen LogP contribution in [0.5, 0.6) is 23.0 Å².